The third-order valence-electron chi connectivity index (χ3n) is 0.619. The molecule has 0 saturated heterocycles. The zero-order chi connectivity index (χ0) is 6.57. The van der Waals surface area contributed by atoms with E-state index in [4.69, 9.17) is 0 Å². The number of carbonyl (C=O) groups excluding carboxylic acids is 1. The van der Waals surface area contributed by atoms with E-state index in [0.29, 0.717) is 6.61 Å². The molecule has 0 amide bonds. The number of ether oxygens (including phenoxy) is 1. The van der Waals surface area contributed by atoms with Gasteiger partial charge in [0, 0.05) is 0 Å². The molecule has 1 unspecified atom stereocenters. The number of esters is 1. The third kappa shape index (κ3) is 2.91. The van der Waals surface area contributed by atoms with Crippen molar-refractivity contribution >= 4 is 18.6 Å². The molecule has 47 valence electrons. The maximum atomic E-state index is 10.4. The Balaban J connectivity index is 3.33. The van der Waals surface area contributed by atoms with E-state index < -0.39 is 5.25 Å². The summed E-state index contributed by atoms with van der Waals surface area (Å²) in [7, 11) is 0. The topological polar surface area (TPSA) is 26.3 Å². The molecule has 1 atom stereocenters. The summed E-state index contributed by atoms with van der Waals surface area (Å²) >= 11 is 4.59. The number of hydrogen-bond acceptors (Lipinski definition) is 2. The van der Waals surface area contributed by atoms with Crippen LogP contribution in [0.25, 0.3) is 0 Å². The lowest BCUT2D eigenvalue weighted by molar-refractivity contribution is -0.142. The second-order valence-electron chi connectivity index (χ2n) is 1.39. The van der Waals surface area contributed by atoms with Crippen molar-refractivity contribution in [2.75, 3.05) is 6.61 Å². The van der Waals surface area contributed by atoms with Gasteiger partial charge in [-0.15, -0.1) is 0 Å². The second kappa shape index (κ2) is 3.78. The van der Waals surface area contributed by atoms with Gasteiger partial charge in [0.1, 0.15) is 5.25 Å². The highest BCUT2D eigenvalue weighted by Gasteiger charge is 2.07. The first-order valence-corrected chi connectivity index (χ1v) is 2.98. The van der Waals surface area contributed by atoms with Crippen LogP contribution < -0.4 is 0 Å². The molecule has 0 rings (SSSR count). The molecule has 0 aliphatic heterocycles. The van der Waals surface area contributed by atoms with Crippen molar-refractivity contribution in [2.24, 2.45) is 0 Å². The van der Waals surface area contributed by atoms with Crippen LogP contribution in [-0.4, -0.2) is 17.8 Å². The fourth-order valence-corrected chi connectivity index (χ4v) is 0.328. The highest BCUT2D eigenvalue weighted by atomic mass is 32.1. The minimum Gasteiger partial charge on any atom is -0.465 e. The van der Waals surface area contributed by atoms with Crippen molar-refractivity contribution in [3.63, 3.8) is 0 Å². The highest BCUT2D eigenvalue weighted by Crippen LogP contribution is 1.94. The zero-order valence-electron chi connectivity index (χ0n) is 5.01. The molecule has 0 N–H and O–H groups in total. The van der Waals surface area contributed by atoms with Crippen LogP contribution in [0.2, 0.25) is 0 Å². The van der Waals surface area contributed by atoms with Gasteiger partial charge >= 0.3 is 5.97 Å². The third-order valence-corrected chi connectivity index (χ3v) is 0.811. The first-order valence-electron chi connectivity index (χ1n) is 2.51. The summed E-state index contributed by atoms with van der Waals surface area (Å²) in [4.78, 5) is 10.4. The van der Waals surface area contributed by atoms with Crippen molar-refractivity contribution in [3.05, 3.63) is 0 Å². The summed E-state index contributed by atoms with van der Waals surface area (Å²) in [6.45, 7) is 3.81. The second-order valence-corrected chi connectivity index (χ2v) is 2.10. The molecule has 2 nitrogen and oxygen atoms in total. The Labute approximate surface area is 54.6 Å². The average molecular weight is 133 g/mol. The molecule has 0 aliphatic rings. The van der Waals surface area contributed by atoms with Gasteiger partial charge in [0.2, 0.25) is 0 Å². The van der Waals surface area contributed by atoms with Crippen LogP contribution in [-0.2, 0) is 9.53 Å². The normalized spacial score (nSPS) is 12.9. The van der Waals surface area contributed by atoms with Crippen LogP contribution in [0.15, 0.2) is 0 Å². The van der Waals surface area contributed by atoms with Gasteiger partial charge in [-0.25, -0.2) is 0 Å². The Morgan fingerprint density at radius 2 is 2.38 bits per heavy atom. The van der Waals surface area contributed by atoms with Crippen LogP contribution in [0, 0.1) is 0 Å². The Morgan fingerprint density at radius 1 is 1.88 bits per heavy atom. The molecule has 1 radical (unpaired) electrons. The lowest BCUT2D eigenvalue weighted by atomic mass is 10.5. The first-order chi connectivity index (χ1) is 3.68. The average Bonchev–Trinajstić information content (AvgIpc) is 1.67. The summed E-state index contributed by atoms with van der Waals surface area (Å²) in [5, 5.41) is -0.407. The molecule has 3 heteroatoms. The van der Waals surface area contributed by atoms with Gasteiger partial charge in [0.05, 0.1) is 6.61 Å². The van der Waals surface area contributed by atoms with Gasteiger partial charge < -0.3 is 4.74 Å². The van der Waals surface area contributed by atoms with Crippen LogP contribution in [0.4, 0.5) is 0 Å². The first kappa shape index (κ1) is 7.82. The van der Waals surface area contributed by atoms with E-state index in [1.165, 1.54) is 0 Å². The summed E-state index contributed by atoms with van der Waals surface area (Å²) in [6.07, 6.45) is 0. The van der Waals surface area contributed by atoms with Crippen LogP contribution >= 0.6 is 12.6 Å². The van der Waals surface area contributed by atoms with Crippen molar-refractivity contribution in [3.8, 4) is 0 Å². The van der Waals surface area contributed by atoms with Gasteiger partial charge in [-0.05, 0) is 13.8 Å². The predicted molar refractivity (Wildman–Crippen MR) is 33.7 cm³/mol. The minimum absolute atomic E-state index is 0.303. The standard InChI is InChI=1S/C5H9O2S/c1-3-7-5(6)4(2)8/h4H,3H2,1-2H3. The molecule has 0 aliphatic carbocycles. The molecule has 0 aromatic rings. The van der Waals surface area contributed by atoms with Gasteiger partial charge in [0.25, 0.3) is 0 Å². The van der Waals surface area contributed by atoms with E-state index in [-0.39, 0.29) is 5.97 Å². The van der Waals surface area contributed by atoms with Crippen LogP contribution in [0.1, 0.15) is 13.8 Å². The summed E-state index contributed by atoms with van der Waals surface area (Å²) in [6, 6.07) is 0. The SMILES string of the molecule is CCOC(=O)C(C)[S]. The predicted octanol–water partition coefficient (Wildman–Crippen LogP) is 1.14. The molecular weight excluding hydrogens is 124 g/mol. The zero-order valence-corrected chi connectivity index (χ0v) is 5.83. The smallest absolute Gasteiger partial charge is 0.319 e. The minimum atomic E-state index is -0.407. The van der Waals surface area contributed by atoms with E-state index >= 15 is 0 Å². The number of carbonyl (C=O) groups is 1. The van der Waals surface area contributed by atoms with Gasteiger partial charge in [-0.2, -0.15) is 0 Å². The highest BCUT2D eigenvalue weighted by molar-refractivity contribution is 7.81. The van der Waals surface area contributed by atoms with Crippen LogP contribution in [0.5, 0.6) is 0 Å². The molecule has 0 aromatic heterocycles. The van der Waals surface area contributed by atoms with E-state index in [1.807, 2.05) is 0 Å². The fraction of sp³-hybridized carbons (Fsp3) is 0.800. The Morgan fingerprint density at radius 3 is 2.50 bits per heavy atom. The molecule has 0 bridgehead atoms. The largest absolute Gasteiger partial charge is 0.465 e. The fourth-order valence-electron chi connectivity index (χ4n) is 0.260. The van der Waals surface area contributed by atoms with E-state index in [1.54, 1.807) is 13.8 Å². The van der Waals surface area contributed by atoms with E-state index in [2.05, 4.69) is 17.4 Å². The van der Waals surface area contributed by atoms with E-state index in [9.17, 15) is 4.79 Å². The monoisotopic (exact) mass is 133 g/mol. The van der Waals surface area contributed by atoms with Crippen molar-refractivity contribution in [1.82, 2.24) is 0 Å². The quantitative estimate of drug-likeness (QED) is 0.528. The van der Waals surface area contributed by atoms with Crippen molar-refractivity contribution < 1.29 is 9.53 Å². The summed E-state index contributed by atoms with van der Waals surface area (Å²) in [5.41, 5.74) is 0. The molecule has 0 heterocycles. The molecule has 0 fully saturated rings. The summed E-state index contributed by atoms with van der Waals surface area (Å²) < 4.78 is 4.56. The Hall–Kier alpha value is -0.180. The van der Waals surface area contributed by atoms with Gasteiger partial charge in [0.15, 0.2) is 0 Å². The Kier molecular flexibility index (Phi) is 3.69. The number of hydrogen-bond donors (Lipinski definition) is 0. The van der Waals surface area contributed by atoms with E-state index in [0.717, 1.165) is 0 Å². The molecular formula is C5H9O2S. The summed E-state index contributed by atoms with van der Waals surface area (Å²) in [5.74, 6) is -0.303. The maximum Gasteiger partial charge on any atom is 0.319 e. The molecule has 0 aromatic carbocycles. The lowest BCUT2D eigenvalue weighted by Gasteiger charge is -2.00. The van der Waals surface area contributed by atoms with Crippen LogP contribution in [0.3, 0.4) is 0 Å². The van der Waals surface area contributed by atoms with Crippen molar-refractivity contribution in [2.45, 2.75) is 19.1 Å². The van der Waals surface area contributed by atoms with Gasteiger partial charge in [-0.1, -0.05) is 12.6 Å². The maximum absolute atomic E-state index is 10.4. The molecule has 8 heavy (non-hydrogen) atoms. The molecule has 0 spiro atoms. The Bertz CT molecular complexity index is 80.5. The number of rotatable bonds is 2. The van der Waals surface area contributed by atoms with Crippen molar-refractivity contribution in [1.29, 1.82) is 0 Å². The van der Waals surface area contributed by atoms with Gasteiger partial charge in [-0.3, -0.25) is 4.79 Å². The molecule has 0 saturated carbocycles. The lowest BCUT2D eigenvalue weighted by Crippen LogP contribution is -2.13.